The maximum absolute atomic E-state index is 15.1. The number of unbranched alkanes of at least 4 members (excludes halogenated alkanes) is 1. The molecular weight excluding hydrogens is 1300 g/mol. The molecule has 6 rings (SSSR count). The van der Waals surface area contributed by atoms with Crippen molar-refractivity contribution in [3.05, 3.63) is 102 Å². The Labute approximate surface area is 575 Å². The molecule has 2 saturated heterocycles. The summed E-state index contributed by atoms with van der Waals surface area (Å²) < 4.78 is 0. The van der Waals surface area contributed by atoms with Gasteiger partial charge in [0.25, 0.3) is 0 Å². The monoisotopic (exact) mass is 1390 g/mol. The van der Waals surface area contributed by atoms with Gasteiger partial charge in [-0.2, -0.15) is 5.48 Å². The van der Waals surface area contributed by atoms with Crippen LogP contribution in [0.2, 0.25) is 0 Å². The first kappa shape index (κ1) is 78.3. The number of fused-ring (bicyclic) bond motifs is 2. The van der Waals surface area contributed by atoms with E-state index in [1.54, 1.807) is 55.6 Å². The standard InChI is InChI=1S/C66H91N17O17/c1-3-4-16-45(77-63(97)52(35-84)82-60(94)48(29-38-20-22-40(86)23-21-38)79-62(96)51(32-54(67)88)74-36(2)85)57(91)78-47-24-25-55(89)100-73-27-11-10-18-44(56(68)90)75-61(95)50(30-39-33-72-43-17-9-8-15-42(39)43)80-58(92)46(19-12-26-71-66(69)70)76-59(93)49(28-37-13-6-5-7-14-37)81-64(98)53-31-41(87)34-83(53)65(47)99/h5-9,13-15,17,20-23,33,41,44-53,72-73,84,86-87H,3-4,10-12,16,18-19,24-32,34-35H2,1-2H3,(H2,67,88)(H2,68,90)(H,74,85)(H,75,95)(H,76,93)(H,77,97)(H,78,91)(H,79,96)(H,80,92)(H,81,98)(H,82,94)(H4,69,70,71)/t41?,44-,45-,46-,47-,48-,49+,50-,51-,52-,53-/m0/s1. The molecule has 0 spiro atoms. The molecule has 0 radical (unpaired) electrons. The number of nitrogens with one attached hydrogen (secondary N) is 11. The predicted molar refractivity (Wildman–Crippen MR) is 360 cm³/mol. The topological polar surface area (TPSA) is 548 Å². The fourth-order valence-corrected chi connectivity index (χ4v) is 11.4. The summed E-state index contributed by atoms with van der Waals surface area (Å²) in [6.07, 6.45) is -1.54. The van der Waals surface area contributed by atoms with Gasteiger partial charge in [-0.3, -0.25) is 67.3 Å². The first-order valence-corrected chi connectivity index (χ1v) is 33.0. The average Bonchev–Trinajstić information content (AvgIpc) is 1.64. The Morgan fingerprint density at radius 1 is 0.690 bits per heavy atom. The number of primary amides is 2. The van der Waals surface area contributed by atoms with Crippen LogP contribution < -0.4 is 76.3 Å². The summed E-state index contributed by atoms with van der Waals surface area (Å²) in [5.41, 5.74) is 27.1. The highest BCUT2D eigenvalue weighted by atomic mass is 16.7. The van der Waals surface area contributed by atoms with Gasteiger partial charge in [0.2, 0.25) is 70.9 Å². The molecule has 1 unspecified atom stereocenters. The van der Waals surface area contributed by atoms with Crippen LogP contribution in [0.1, 0.15) is 108 Å². The van der Waals surface area contributed by atoms with E-state index in [1.165, 1.54) is 24.3 Å². The first-order valence-electron chi connectivity index (χ1n) is 33.0. The fraction of sp³-hybridized carbons (Fsp3) is 0.485. The Balaban J connectivity index is 1.31. The zero-order chi connectivity index (χ0) is 73.0. The maximum Gasteiger partial charge on any atom is 0.324 e. The smallest absolute Gasteiger partial charge is 0.324 e. The number of para-hydroxylation sites is 1. The van der Waals surface area contributed by atoms with Crippen LogP contribution in [0.25, 0.3) is 10.9 Å². The number of rotatable bonds is 26. The van der Waals surface area contributed by atoms with Gasteiger partial charge >= 0.3 is 5.97 Å². The molecule has 100 heavy (non-hydrogen) atoms. The lowest BCUT2D eigenvalue weighted by molar-refractivity contribution is -0.152. The van der Waals surface area contributed by atoms with Crippen LogP contribution in [-0.2, 0) is 86.4 Å². The Bertz CT molecular complexity index is 3540. The average molecular weight is 1390 g/mol. The minimum atomic E-state index is -1.84. The molecule has 3 aromatic carbocycles. The molecule has 542 valence electrons. The third-order valence-electron chi connectivity index (χ3n) is 16.6. The van der Waals surface area contributed by atoms with Crippen molar-refractivity contribution in [1.29, 1.82) is 0 Å². The number of aliphatic imine (C=N–C) groups is 1. The highest BCUT2D eigenvalue weighted by Crippen LogP contribution is 2.23. The van der Waals surface area contributed by atoms with E-state index in [0.717, 1.165) is 22.7 Å². The molecule has 1 aromatic heterocycles. The zero-order valence-electron chi connectivity index (χ0n) is 55.6. The summed E-state index contributed by atoms with van der Waals surface area (Å²) in [7, 11) is 0. The van der Waals surface area contributed by atoms with E-state index in [1.807, 2.05) is 12.1 Å². The van der Waals surface area contributed by atoms with Crippen molar-refractivity contribution in [2.45, 2.75) is 177 Å². The lowest BCUT2D eigenvalue weighted by atomic mass is 10.0. The molecule has 2 fully saturated rings. The molecule has 3 heterocycles. The van der Waals surface area contributed by atoms with Crippen LogP contribution in [0.15, 0.2) is 90.1 Å². The van der Waals surface area contributed by atoms with Crippen molar-refractivity contribution in [1.82, 2.24) is 63.2 Å². The predicted octanol–water partition coefficient (Wildman–Crippen LogP) is -4.15. The van der Waals surface area contributed by atoms with Gasteiger partial charge in [-0.15, -0.1) is 0 Å². The van der Waals surface area contributed by atoms with Crippen LogP contribution in [-0.4, -0.2) is 201 Å². The lowest BCUT2D eigenvalue weighted by Gasteiger charge is -2.31. The Morgan fingerprint density at radius 2 is 1.32 bits per heavy atom. The van der Waals surface area contributed by atoms with Crippen molar-refractivity contribution in [3.63, 3.8) is 0 Å². The summed E-state index contributed by atoms with van der Waals surface area (Å²) in [6.45, 7) is 1.24. The molecule has 34 nitrogen and oxygen atoms in total. The van der Waals surface area contributed by atoms with Gasteiger partial charge in [-0.05, 0) is 79.8 Å². The van der Waals surface area contributed by atoms with Crippen molar-refractivity contribution in [2.75, 3.05) is 26.2 Å². The number of hydroxylamine groups is 1. The van der Waals surface area contributed by atoms with E-state index in [-0.39, 0.29) is 89.0 Å². The number of guanidine groups is 1. The normalized spacial score (nSPS) is 21.2. The summed E-state index contributed by atoms with van der Waals surface area (Å²) in [6, 6.07) is 5.64. The molecule has 0 saturated carbocycles. The minimum absolute atomic E-state index is 0.00310. The highest BCUT2D eigenvalue weighted by Gasteiger charge is 2.44. The maximum atomic E-state index is 15.1. The number of aromatic nitrogens is 1. The SMILES string of the molecule is CCCC[C@H](NC(=O)[C@H](CO)NC(=O)[C@H](Cc1ccc(O)cc1)NC(=O)[C@H](CC(N)=O)NC(C)=O)C(=O)N[C@H]1CCC(=O)ONCCCC[C@@H](C(N)=O)NC(=O)[C@H](Cc2c[nH]c3ccccc23)NC(=O)[C@H](CCCN=C(N)N)NC(=O)[C@@H](Cc2ccccc2)NC(=O)[C@@H]2CC(O)CN2C1=O. The summed E-state index contributed by atoms with van der Waals surface area (Å²) >= 11 is 0. The first-order chi connectivity index (χ1) is 47.7. The molecule has 4 aromatic rings. The number of phenolic OH excluding ortho intramolecular Hbond substituents is 1. The number of nitrogens with two attached hydrogens (primary N) is 4. The van der Waals surface area contributed by atoms with Gasteiger partial charge in [0, 0.05) is 75.8 Å². The number of carbonyl (C=O) groups is 13. The van der Waals surface area contributed by atoms with Crippen molar-refractivity contribution >= 4 is 93.7 Å². The minimum Gasteiger partial charge on any atom is -0.508 e. The lowest BCUT2D eigenvalue weighted by Crippen LogP contribution is -2.61. The van der Waals surface area contributed by atoms with Crippen molar-refractivity contribution in [2.24, 2.45) is 27.9 Å². The van der Waals surface area contributed by atoms with Gasteiger partial charge in [0.1, 0.15) is 66.2 Å². The van der Waals surface area contributed by atoms with E-state index in [9.17, 15) is 72.9 Å². The number of aliphatic hydroxyl groups is 2. The second-order valence-corrected chi connectivity index (χ2v) is 24.5. The largest absolute Gasteiger partial charge is 0.508 e. The molecule has 0 bridgehead atoms. The van der Waals surface area contributed by atoms with Crippen LogP contribution >= 0.6 is 0 Å². The van der Waals surface area contributed by atoms with Crippen molar-refractivity contribution < 1.29 is 82.5 Å². The molecule has 22 N–H and O–H groups in total. The second kappa shape index (κ2) is 39.0. The van der Waals surface area contributed by atoms with Crippen LogP contribution in [0.5, 0.6) is 5.75 Å². The number of aromatic hydroxyl groups is 1. The van der Waals surface area contributed by atoms with Gasteiger partial charge in [-0.25, -0.2) is 0 Å². The molecule has 34 heteroatoms. The molecule has 12 amide bonds. The number of H-pyrrole nitrogens is 1. The highest BCUT2D eigenvalue weighted by molar-refractivity contribution is 6.00. The number of nitrogens with zero attached hydrogens (tertiary/aromatic N) is 2. The summed E-state index contributed by atoms with van der Waals surface area (Å²) in [5.74, 6) is -12.7. The Morgan fingerprint density at radius 3 is 2.00 bits per heavy atom. The Kier molecular flexibility index (Phi) is 30.5. The molecule has 0 aliphatic carbocycles. The van der Waals surface area contributed by atoms with E-state index >= 15 is 4.79 Å². The third-order valence-corrected chi connectivity index (χ3v) is 16.6. The van der Waals surface area contributed by atoms with Crippen LogP contribution in [0.3, 0.4) is 0 Å². The number of aliphatic hydroxyl groups excluding tert-OH is 2. The van der Waals surface area contributed by atoms with Crippen LogP contribution in [0.4, 0.5) is 0 Å². The van der Waals surface area contributed by atoms with E-state index in [0.29, 0.717) is 23.1 Å². The van der Waals surface area contributed by atoms with Gasteiger partial charge in [0.05, 0.1) is 19.1 Å². The zero-order valence-corrected chi connectivity index (χ0v) is 55.6. The van der Waals surface area contributed by atoms with Crippen molar-refractivity contribution in [3.8, 4) is 5.75 Å². The third kappa shape index (κ3) is 24.7. The van der Waals surface area contributed by atoms with E-state index in [2.05, 4.69) is 63.3 Å². The number of benzene rings is 3. The summed E-state index contributed by atoms with van der Waals surface area (Å²) in [4.78, 5) is 194. The molecule has 2 aliphatic heterocycles. The fourth-order valence-electron chi connectivity index (χ4n) is 11.4. The molecule has 11 atom stereocenters. The van der Waals surface area contributed by atoms with Gasteiger partial charge < -0.3 is 101 Å². The van der Waals surface area contributed by atoms with E-state index in [4.69, 9.17) is 27.8 Å². The number of carbonyl (C=O) groups excluding carboxylic acids is 13. The number of hydrogen-bond acceptors (Lipinski definition) is 19. The molecular formula is C66H91N17O17. The number of hydrogen-bond donors (Lipinski definition) is 18. The second-order valence-electron chi connectivity index (χ2n) is 24.5. The quantitative estimate of drug-likeness (QED) is 0.0161. The number of amides is 12. The van der Waals surface area contributed by atoms with Gasteiger partial charge in [-0.1, -0.05) is 80.4 Å². The number of aromatic amines is 1. The summed E-state index contributed by atoms with van der Waals surface area (Å²) in [5, 5.41) is 55.5. The van der Waals surface area contributed by atoms with E-state index < -0.39 is 182 Å². The Hall–Kier alpha value is -10.7. The van der Waals surface area contributed by atoms with Gasteiger partial charge in [0.15, 0.2) is 5.96 Å². The number of phenols is 1. The molecule has 2 aliphatic rings. The van der Waals surface area contributed by atoms with Crippen LogP contribution in [0, 0.1) is 0 Å².